The van der Waals surface area contributed by atoms with Crippen LogP contribution < -0.4 is 4.72 Å². The van der Waals surface area contributed by atoms with Crippen LogP contribution in [0.1, 0.15) is 36.2 Å². The van der Waals surface area contributed by atoms with Gasteiger partial charge in [0.05, 0.1) is 10.6 Å². The molecule has 1 aromatic heterocycles. The van der Waals surface area contributed by atoms with Gasteiger partial charge < -0.3 is 4.57 Å². The molecule has 3 aromatic rings. The lowest BCUT2D eigenvalue weighted by molar-refractivity contribution is 0.600. The molecule has 2 aromatic carbocycles. The molecular weight excluding hydrogens is 372 g/mol. The van der Waals surface area contributed by atoms with Crippen LogP contribution in [-0.2, 0) is 23.0 Å². The number of benzene rings is 2. The van der Waals surface area contributed by atoms with Gasteiger partial charge in [0, 0.05) is 18.5 Å². The topological polar surface area (TPSA) is 76.9 Å². The summed E-state index contributed by atoms with van der Waals surface area (Å²) < 4.78 is 31.0. The van der Waals surface area contributed by atoms with Crippen LogP contribution in [0.4, 0.5) is 5.69 Å². The van der Waals surface area contributed by atoms with E-state index in [9.17, 15) is 8.42 Å². The highest BCUT2D eigenvalue weighted by atomic mass is 32.2. The number of hydrogen-bond acceptors (Lipinski definition) is 4. The molecule has 0 atom stereocenters. The van der Waals surface area contributed by atoms with Crippen LogP contribution in [0.2, 0.25) is 0 Å². The summed E-state index contributed by atoms with van der Waals surface area (Å²) in [7, 11) is -3.71. The van der Waals surface area contributed by atoms with Crippen LogP contribution in [0.3, 0.4) is 0 Å². The molecule has 0 unspecified atom stereocenters. The fraction of sp³-hybridized carbons (Fsp3) is 0.333. The number of hydrogen-bond donors (Lipinski definition) is 1. The quantitative estimate of drug-likeness (QED) is 0.721. The van der Waals surface area contributed by atoms with Crippen LogP contribution in [0.15, 0.2) is 47.4 Å². The molecule has 0 amide bonds. The van der Waals surface area contributed by atoms with Gasteiger partial charge in [0.25, 0.3) is 10.0 Å². The first-order chi connectivity index (χ1) is 13.5. The minimum absolute atomic E-state index is 0.285. The predicted octanol–water partition coefficient (Wildman–Crippen LogP) is 4.09. The maximum absolute atomic E-state index is 13.0. The predicted molar refractivity (Wildman–Crippen MR) is 110 cm³/mol. The van der Waals surface area contributed by atoms with Gasteiger partial charge in [0.15, 0.2) is 5.82 Å². The zero-order valence-corrected chi connectivity index (χ0v) is 17.0. The Morgan fingerprint density at radius 2 is 1.82 bits per heavy atom. The van der Waals surface area contributed by atoms with Crippen molar-refractivity contribution in [2.45, 2.75) is 51.0 Å². The minimum atomic E-state index is -3.71. The Labute approximate surface area is 165 Å². The summed E-state index contributed by atoms with van der Waals surface area (Å²) in [5.41, 5.74) is 3.02. The highest BCUT2D eigenvalue weighted by Crippen LogP contribution is 2.31. The van der Waals surface area contributed by atoms with Crippen molar-refractivity contribution in [3.05, 3.63) is 59.4 Å². The Kier molecular flexibility index (Phi) is 4.93. The molecule has 0 bridgehead atoms. The Balaban J connectivity index is 1.74. The third-order valence-corrected chi connectivity index (χ3v) is 6.67. The van der Waals surface area contributed by atoms with Crippen LogP contribution in [0.5, 0.6) is 0 Å². The zero-order valence-electron chi connectivity index (χ0n) is 16.1. The molecule has 0 saturated heterocycles. The molecule has 1 N–H and O–H groups in total. The van der Waals surface area contributed by atoms with Crippen LogP contribution in [0, 0.1) is 13.8 Å². The summed E-state index contributed by atoms with van der Waals surface area (Å²) in [6.45, 7) is 4.62. The molecule has 1 aliphatic rings. The van der Waals surface area contributed by atoms with Crippen molar-refractivity contribution in [3.63, 3.8) is 0 Å². The number of anilines is 1. The van der Waals surface area contributed by atoms with E-state index >= 15 is 0 Å². The SMILES string of the molecule is Cc1ccc(S(=O)(=O)Nc2ccccc2-c2nnc3n2CCCCC3)c(C)c1. The zero-order chi connectivity index (χ0) is 19.7. The summed E-state index contributed by atoms with van der Waals surface area (Å²) in [6, 6.07) is 12.7. The summed E-state index contributed by atoms with van der Waals surface area (Å²) in [5.74, 6) is 1.69. The van der Waals surface area contributed by atoms with E-state index in [2.05, 4.69) is 19.5 Å². The summed E-state index contributed by atoms with van der Waals surface area (Å²) in [4.78, 5) is 0.285. The van der Waals surface area contributed by atoms with Crippen molar-refractivity contribution in [2.24, 2.45) is 0 Å². The van der Waals surface area contributed by atoms with E-state index < -0.39 is 10.0 Å². The highest BCUT2D eigenvalue weighted by molar-refractivity contribution is 7.92. The molecule has 0 fully saturated rings. The van der Waals surface area contributed by atoms with Gasteiger partial charge >= 0.3 is 0 Å². The second-order valence-electron chi connectivity index (χ2n) is 7.32. The van der Waals surface area contributed by atoms with Gasteiger partial charge in [0.2, 0.25) is 0 Å². The third-order valence-electron chi connectivity index (χ3n) is 5.14. The van der Waals surface area contributed by atoms with E-state index in [1.807, 2.05) is 44.2 Å². The number of nitrogens with zero attached hydrogens (tertiary/aromatic N) is 3. The molecule has 28 heavy (non-hydrogen) atoms. The second-order valence-corrected chi connectivity index (χ2v) is 8.97. The first-order valence-electron chi connectivity index (χ1n) is 9.57. The van der Waals surface area contributed by atoms with Crippen molar-refractivity contribution >= 4 is 15.7 Å². The fourth-order valence-corrected chi connectivity index (χ4v) is 5.06. The maximum atomic E-state index is 13.0. The smallest absolute Gasteiger partial charge is 0.262 e. The molecule has 7 heteroatoms. The second kappa shape index (κ2) is 7.39. The van der Waals surface area contributed by atoms with Crippen molar-refractivity contribution in [2.75, 3.05) is 4.72 Å². The average Bonchev–Trinajstić information content (AvgIpc) is 2.89. The molecule has 6 nitrogen and oxygen atoms in total. The first-order valence-corrected chi connectivity index (χ1v) is 11.1. The number of rotatable bonds is 4. The molecule has 0 radical (unpaired) electrons. The molecule has 1 aliphatic heterocycles. The standard InChI is InChI=1S/C21H24N4O2S/c1-15-11-12-19(16(2)14-15)28(26,27)24-18-9-6-5-8-17(18)21-23-22-20-10-4-3-7-13-25(20)21/h5-6,8-9,11-12,14,24H,3-4,7,10,13H2,1-2H3. The molecule has 0 aliphatic carbocycles. The molecule has 0 saturated carbocycles. The van der Waals surface area contributed by atoms with Crippen LogP contribution in [0.25, 0.3) is 11.4 Å². The Hall–Kier alpha value is -2.67. The third kappa shape index (κ3) is 3.54. The van der Waals surface area contributed by atoms with E-state index in [0.717, 1.165) is 54.1 Å². The van der Waals surface area contributed by atoms with Crippen molar-refractivity contribution in [1.82, 2.24) is 14.8 Å². The number of fused-ring (bicyclic) bond motifs is 1. The monoisotopic (exact) mass is 396 g/mol. The lowest BCUT2D eigenvalue weighted by atomic mass is 10.1. The van der Waals surface area contributed by atoms with Gasteiger partial charge in [-0.05, 0) is 50.5 Å². The Morgan fingerprint density at radius 1 is 1.00 bits per heavy atom. The summed E-state index contributed by atoms with van der Waals surface area (Å²) in [5, 5.41) is 8.73. The number of aryl methyl sites for hydroxylation is 3. The van der Waals surface area contributed by atoms with Gasteiger partial charge in [-0.2, -0.15) is 0 Å². The number of sulfonamides is 1. The molecule has 4 rings (SSSR count). The lowest BCUT2D eigenvalue weighted by Gasteiger charge is -2.15. The lowest BCUT2D eigenvalue weighted by Crippen LogP contribution is -2.15. The fourth-order valence-electron chi connectivity index (χ4n) is 3.75. The van der Waals surface area contributed by atoms with E-state index in [4.69, 9.17) is 0 Å². The highest BCUT2D eigenvalue weighted by Gasteiger charge is 2.22. The maximum Gasteiger partial charge on any atom is 0.262 e. The Morgan fingerprint density at radius 3 is 2.64 bits per heavy atom. The van der Waals surface area contributed by atoms with Crippen LogP contribution in [-0.4, -0.2) is 23.2 Å². The normalized spacial score (nSPS) is 14.4. The van der Waals surface area contributed by atoms with Gasteiger partial charge in [0.1, 0.15) is 5.82 Å². The molecule has 146 valence electrons. The van der Waals surface area contributed by atoms with Crippen LogP contribution >= 0.6 is 0 Å². The molecule has 2 heterocycles. The first kappa shape index (κ1) is 18.7. The average molecular weight is 397 g/mol. The summed E-state index contributed by atoms with van der Waals surface area (Å²) >= 11 is 0. The largest absolute Gasteiger partial charge is 0.311 e. The number of nitrogens with one attached hydrogen (secondary N) is 1. The van der Waals surface area contributed by atoms with Gasteiger partial charge in [-0.25, -0.2) is 8.42 Å². The molecule has 0 spiro atoms. The van der Waals surface area contributed by atoms with E-state index in [1.165, 1.54) is 6.42 Å². The number of aromatic nitrogens is 3. The van der Waals surface area contributed by atoms with Gasteiger partial charge in [-0.1, -0.05) is 36.2 Å². The number of para-hydroxylation sites is 1. The van der Waals surface area contributed by atoms with Gasteiger partial charge in [-0.3, -0.25) is 4.72 Å². The van der Waals surface area contributed by atoms with E-state index in [1.54, 1.807) is 12.1 Å². The van der Waals surface area contributed by atoms with E-state index in [-0.39, 0.29) is 4.90 Å². The van der Waals surface area contributed by atoms with Crippen molar-refractivity contribution in [1.29, 1.82) is 0 Å². The van der Waals surface area contributed by atoms with Gasteiger partial charge in [-0.15, -0.1) is 10.2 Å². The summed E-state index contributed by atoms with van der Waals surface area (Å²) in [6.07, 6.45) is 4.26. The Bertz CT molecular complexity index is 1120. The van der Waals surface area contributed by atoms with Crippen molar-refractivity contribution < 1.29 is 8.42 Å². The van der Waals surface area contributed by atoms with E-state index in [0.29, 0.717) is 5.69 Å². The molecular formula is C21H24N4O2S. The minimum Gasteiger partial charge on any atom is -0.311 e. The van der Waals surface area contributed by atoms with Crippen molar-refractivity contribution in [3.8, 4) is 11.4 Å².